The molecule has 3 nitrogen and oxygen atoms in total. The van der Waals surface area contributed by atoms with Crippen LogP contribution in [0.15, 0.2) is 67.0 Å². The molecule has 0 saturated heterocycles. The summed E-state index contributed by atoms with van der Waals surface area (Å²) in [5.41, 5.74) is 8.61. The Hall–Kier alpha value is -3.20. The number of nitrogens with zero attached hydrogens (tertiary/aromatic N) is 2. The fraction of sp³-hybridized carbons (Fsp3) is 0.200. The number of aromatic nitrogens is 2. The van der Waals surface area contributed by atoms with Gasteiger partial charge in [0.2, 0.25) is 0 Å². The molecule has 0 aliphatic carbocycles. The molecule has 0 atom stereocenters. The van der Waals surface area contributed by atoms with Crippen molar-refractivity contribution in [2.24, 2.45) is 0 Å². The van der Waals surface area contributed by atoms with E-state index in [1.165, 1.54) is 27.8 Å². The summed E-state index contributed by atoms with van der Waals surface area (Å²) >= 11 is 0. The summed E-state index contributed by atoms with van der Waals surface area (Å²) < 4.78 is 0. The van der Waals surface area contributed by atoms with Crippen LogP contribution in [0.5, 0.6) is 0 Å². The lowest BCUT2D eigenvalue weighted by Gasteiger charge is -2.12. The fourth-order valence-corrected chi connectivity index (χ4v) is 3.61. The maximum Gasteiger partial charge on any atom is 0.141 e. The third-order valence-corrected chi connectivity index (χ3v) is 5.16. The molecule has 0 unspecified atom stereocenters. The van der Waals surface area contributed by atoms with E-state index in [0.717, 1.165) is 35.2 Å². The van der Waals surface area contributed by atoms with Gasteiger partial charge < -0.3 is 5.32 Å². The van der Waals surface area contributed by atoms with Gasteiger partial charge in [0.15, 0.2) is 0 Å². The zero-order chi connectivity index (χ0) is 19.5. The molecule has 3 heteroatoms. The van der Waals surface area contributed by atoms with Gasteiger partial charge in [-0.1, -0.05) is 47.5 Å². The fourth-order valence-electron chi connectivity index (χ4n) is 3.61. The van der Waals surface area contributed by atoms with Gasteiger partial charge in [0.25, 0.3) is 0 Å². The first-order valence-electron chi connectivity index (χ1n) is 9.72. The lowest BCUT2D eigenvalue weighted by molar-refractivity contribution is 0.947. The van der Waals surface area contributed by atoms with Crippen molar-refractivity contribution >= 4 is 22.4 Å². The van der Waals surface area contributed by atoms with E-state index in [1.54, 1.807) is 6.33 Å². The summed E-state index contributed by atoms with van der Waals surface area (Å²) in [6.07, 6.45) is 3.72. The Kier molecular flexibility index (Phi) is 5.07. The van der Waals surface area contributed by atoms with Crippen LogP contribution in [0.1, 0.15) is 27.8 Å². The number of aryl methyl sites for hydroxylation is 5. The van der Waals surface area contributed by atoms with Crippen molar-refractivity contribution in [1.29, 1.82) is 0 Å². The molecule has 0 radical (unpaired) electrons. The van der Waals surface area contributed by atoms with Crippen molar-refractivity contribution in [3.05, 3.63) is 94.8 Å². The summed E-state index contributed by atoms with van der Waals surface area (Å²) in [6, 6.07) is 21.6. The third kappa shape index (κ3) is 4.04. The molecule has 0 amide bonds. The minimum atomic E-state index is 0.848. The average Bonchev–Trinajstić information content (AvgIpc) is 2.68. The highest BCUT2D eigenvalue weighted by molar-refractivity contribution is 5.91. The zero-order valence-electron chi connectivity index (χ0n) is 16.7. The molecule has 28 heavy (non-hydrogen) atoms. The Bertz CT molecular complexity index is 1130. The maximum atomic E-state index is 4.46. The Morgan fingerprint density at radius 3 is 2.46 bits per heavy atom. The van der Waals surface area contributed by atoms with Gasteiger partial charge in [-0.25, -0.2) is 9.97 Å². The lowest BCUT2D eigenvalue weighted by Crippen LogP contribution is -1.99. The third-order valence-electron chi connectivity index (χ3n) is 5.16. The van der Waals surface area contributed by atoms with Gasteiger partial charge in [-0.15, -0.1) is 0 Å². The largest absolute Gasteiger partial charge is 0.340 e. The van der Waals surface area contributed by atoms with E-state index in [-0.39, 0.29) is 0 Å². The lowest BCUT2D eigenvalue weighted by atomic mass is 9.99. The Labute approximate surface area is 166 Å². The SMILES string of the molecule is Cc1cccc(CCc2ccc(Nc3ncnc4ccc(C)cc34)cc2C)c1. The Balaban J connectivity index is 1.53. The average molecular weight is 367 g/mol. The minimum absolute atomic E-state index is 0.848. The highest BCUT2D eigenvalue weighted by Gasteiger charge is 2.06. The van der Waals surface area contributed by atoms with Gasteiger partial charge in [0, 0.05) is 11.1 Å². The van der Waals surface area contributed by atoms with Gasteiger partial charge in [-0.05, 0) is 74.6 Å². The van der Waals surface area contributed by atoms with E-state index in [9.17, 15) is 0 Å². The Morgan fingerprint density at radius 2 is 1.64 bits per heavy atom. The van der Waals surface area contributed by atoms with Gasteiger partial charge in [0.05, 0.1) is 5.52 Å². The molecule has 0 spiro atoms. The first kappa shape index (κ1) is 18.2. The van der Waals surface area contributed by atoms with Crippen LogP contribution in [-0.4, -0.2) is 9.97 Å². The molecule has 0 saturated carbocycles. The van der Waals surface area contributed by atoms with Gasteiger partial charge in [-0.3, -0.25) is 0 Å². The molecule has 4 rings (SSSR count). The monoisotopic (exact) mass is 367 g/mol. The summed E-state index contributed by atoms with van der Waals surface area (Å²) in [4.78, 5) is 8.82. The molecule has 1 N–H and O–H groups in total. The van der Waals surface area contributed by atoms with Crippen LogP contribution >= 0.6 is 0 Å². The van der Waals surface area contributed by atoms with Crippen molar-refractivity contribution in [2.45, 2.75) is 33.6 Å². The first-order valence-corrected chi connectivity index (χ1v) is 9.72. The number of anilines is 2. The number of rotatable bonds is 5. The molecule has 4 aromatic rings. The summed E-state index contributed by atoms with van der Waals surface area (Å²) in [7, 11) is 0. The maximum absolute atomic E-state index is 4.46. The van der Waals surface area contributed by atoms with Crippen LogP contribution < -0.4 is 5.32 Å². The van der Waals surface area contributed by atoms with Gasteiger partial charge >= 0.3 is 0 Å². The number of nitrogens with one attached hydrogen (secondary N) is 1. The molecule has 1 aromatic heterocycles. The van der Waals surface area contributed by atoms with Crippen LogP contribution in [0.25, 0.3) is 10.9 Å². The molecular formula is C25H25N3. The number of benzene rings is 3. The van der Waals surface area contributed by atoms with Crippen molar-refractivity contribution in [1.82, 2.24) is 9.97 Å². The minimum Gasteiger partial charge on any atom is -0.340 e. The number of hydrogen-bond donors (Lipinski definition) is 1. The molecule has 0 aliphatic rings. The second-order valence-corrected chi connectivity index (χ2v) is 7.50. The number of fused-ring (bicyclic) bond motifs is 1. The van der Waals surface area contributed by atoms with Crippen molar-refractivity contribution < 1.29 is 0 Å². The molecule has 0 bridgehead atoms. The van der Waals surface area contributed by atoms with E-state index < -0.39 is 0 Å². The summed E-state index contributed by atoms with van der Waals surface area (Å²) in [5.74, 6) is 0.848. The van der Waals surface area contributed by atoms with E-state index in [1.807, 2.05) is 6.07 Å². The predicted molar refractivity (Wildman–Crippen MR) is 117 cm³/mol. The summed E-state index contributed by atoms with van der Waals surface area (Å²) in [6.45, 7) is 6.41. The van der Waals surface area contributed by atoms with Crippen LogP contribution in [-0.2, 0) is 12.8 Å². The molecule has 3 aromatic carbocycles. The van der Waals surface area contributed by atoms with E-state index in [4.69, 9.17) is 0 Å². The quantitative estimate of drug-likeness (QED) is 0.464. The second kappa shape index (κ2) is 7.81. The normalized spacial score (nSPS) is 11.0. The van der Waals surface area contributed by atoms with Crippen molar-refractivity contribution in [2.75, 3.05) is 5.32 Å². The molecular weight excluding hydrogens is 342 g/mol. The molecule has 140 valence electrons. The standard InChI is InChI=1S/C25H25N3/c1-17-5-4-6-20(13-17)8-9-21-10-11-22(15-19(21)3)28-25-23-14-18(2)7-12-24(23)26-16-27-25/h4-7,10-16H,8-9H2,1-3H3,(H,26,27,28). The van der Waals surface area contributed by atoms with Crippen LogP contribution in [0.3, 0.4) is 0 Å². The smallest absolute Gasteiger partial charge is 0.141 e. The highest BCUT2D eigenvalue weighted by atomic mass is 15.0. The topological polar surface area (TPSA) is 37.8 Å². The Morgan fingerprint density at radius 1 is 0.786 bits per heavy atom. The van der Waals surface area contributed by atoms with Gasteiger partial charge in [-0.2, -0.15) is 0 Å². The summed E-state index contributed by atoms with van der Waals surface area (Å²) in [5, 5.41) is 4.52. The van der Waals surface area contributed by atoms with E-state index in [2.05, 4.69) is 90.7 Å². The zero-order valence-corrected chi connectivity index (χ0v) is 16.7. The van der Waals surface area contributed by atoms with E-state index in [0.29, 0.717) is 0 Å². The van der Waals surface area contributed by atoms with Gasteiger partial charge in [0.1, 0.15) is 12.1 Å². The second-order valence-electron chi connectivity index (χ2n) is 7.50. The highest BCUT2D eigenvalue weighted by Crippen LogP contribution is 2.25. The predicted octanol–water partition coefficient (Wildman–Crippen LogP) is 6.08. The van der Waals surface area contributed by atoms with Crippen LogP contribution in [0, 0.1) is 20.8 Å². The van der Waals surface area contributed by atoms with Crippen molar-refractivity contribution in [3.63, 3.8) is 0 Å². The molecule has 0 aliphatic heterocycles. The molecule has 1 heterocycles. The van der Waals surface area contributed by atoms with Crippen LogP contribution in [0.2, 0.25) is 0 Å². The van der Waals surface area contributed by atoms with E-state index >= 15 is 0 Å². The van der Waals surface area contributed by atoms with Crippen molar-refractivity contribution in [3.8, 4) is 0 Å². The molecule has 0 fully saturated rings. The van der Waals surface area contributed by atoms with Crippen LogP contribution in [0.4, 0.5) is 11.5 Å². The number of hydrogen-bond acceptors (Lipinski definition) is 3. The first-order chi connectivity index (χ1) is 13.6.